The van der Waals surface area contributed by atoms with Crippen molar-refractivity contribution in [2.45, 2.75) is 19.8 Å². The first-order valence-electron chi connectivity index (χ1n) is 7.23. The molecule has 2 heteroatoms. The van der Waals surface area contributed by atoms with E-state index in [4.69, 9.17) is 0 Å². The van der Waals surface area contributed by atoms with E-state index in [0.29, 0.717) is 12.5 Å². The number of benzene rings is 2. The molecule has 2 nitrogen and oxygen atoms in total. The summed E-state index contributed by atoms with van der Waals surface area (Å²) in [6.45, 7) is 4.71. The predicted octanol–water partition coefficient (Wildman–Crippen LogP) is 4.01. The Morgan fingerprint density at radius 2 is 1.62 bits per heavy atom. The van der Waals surface area contributed by atoms with Crippen LogP contribution >= 0.6 is 0 Å². The van der Waals surface area contributed by atoms with Gasteiger partial charge < -0.3 is 5.32 Å². The molecule has 0 bridgehead atoms. The van der Waals surface area contributed by atoms with Gasteiger partial charge in [0.2, 0.25) is 5.91 Å². The molecule has 0 spiro atoms. The molecule has 2 rings (SSSR count). The first-order valence-corrected chi connectivity index (χ1v) is 7.23. The molecule has 0 aromatic heterocycles. The molecular formula is C19H21NO. The number of rotatable bonds is 5. The largest absolute Gasteiger partial charge is 0.352 e. The maximum atomic E-state index is 12.0. The van der Waals surface area contributed by atoms with Crippen LogP contribution in [0.4, 0.5) is 0 Å². The van der Waals surface area contributed by atoms with E-state index in [-0.39, 0.29) is 5.91 Å². The molecule has 0 saturated heterocycles. The van der Waals surface area contributed by atoms with Gasteiger partial charge in [-0.15, -0.1) is 0 Å². The van der Waals surface area contributed by atoms with E-state index in [9.17, 15) is 4.79 Å². The first kappa shape index (κ1) is 15.0. The quantitative estimate of drug-likeness (QED) is 0.823. The van der Waals surface area contributed by atoms with Crippen LogP contribution in [0.3, 0.4) is 0 Å². The average Bonchev–Trinajstić information content (AvgIpc) is 2.54. The van der Waals surface area contributed by atoms with Crippen molar-refractivity contribution in [2.75, 3.05) is 6.54 Å². The van der Waals surface area contributed by atoms with E-state index in [1.165, 1.54) is 5.56 Å². The summed E-state index contributed by atoms with van der Waals surface area (Å²) in [5, 5.41) is 2.97. The number of nitrogens with one attached hydrogen (secondary N) is 1. The molecule has 0 unspecified atom stereocenters. The summed E-state index contributed by atoms with van der Waals surface area (Å²) in [6, 6.07) is 20.1. The lowest BCUT2D eigenvalue weighted by molar-refractivity contribution is -0.116. The van der Waals surface area contributed by atoms with Crippen molar-refractivity contribution in [3.8, 4) is 0 Å². The van der Waals surface area contributed by atoms with Crippen LogP contribution < -0.4 is 5.32 Å². The van der Waals surface area contributed by atoms with Gasteiger partial charge in [0.25, 0.3) is 0 Å². The second kappa shape index (κ2) is 7.44. The highest BCUT2D eigenvalue weighted by atomic mass is 16.1. The van der Waals surface area contributed by atoms with Crippen LogP contribution in [0.2, 0.25) is 0 Å². The monoisotopic (exact) mass is 279 g/mol. The molecule has 0 fully saturated rings. The highest BCUT2D eigenvalue weighted by Gasteiger charge is 2.06. The number of allylic oxidation sites excluding steroid dienone is 1. The number of hydrogen-bond donors (Lipinski definition) is 1. The van der Waals surface area contributed by atoms with Crippen molar-refractivity contribution < 1.29 is 4.79 Å². The van der Waals surface area contributed by atoms with Crippen LogP contribution in [0.15, 0.2) is 66.7 Å². The zero-order valence-electron chi connectivity index (χ0n) is 12.5. The maximum Gasteiger partial charge on any atom is 0.244 e. The summed E-state index contributed by atoms with van der Waals surface area (Å²) in [5.41, 5.74) is 3.28. The van der Waals surface area contributed by atoms with Gasteiger partial charge in [-0.2, -0.15) is 0 Å². The highest BCUT2D eigenvalue weighted by Crippen LogP contribution is 2.14. The number of hydrogen-bond acceptors (Lipinski definition) is 1. The Balaban J connectivity index is 1.90. The van der Waals surface area contributed by atoms with Gasteiger partial charge in [-0.1, -0.05) is 67.6 Å². The molecular weight excluding hydrogens is 258 g/mol. The predicted molar refractivity (Wildman–Crippen MR) is 88.0 cm³/mol. The minimum absolute atomic E-state index is 0.0425. The van der Waals surface area contributed by atoms with Crippen molar-refractivity contribution in [1.82, 2.24) is 5.32 Å². The third-order valence-electron chi connectivity index (χ3n) is 3.53. The molecule has 0 aliphatic heterocycles. The van der Waals surface area contributed by atoms with Gasteiger partial charge in [0.05, 0.1) is 0 Å². The second-order valence-corrected chi connectivity index (χ2v) is 5.25. The zero-order chi connectivity index (χ0) is 15.1. The number of carbonyl (C=O) groups is 1. The Kier molecular flexibility index (Phi) is 5.33. The SMILES string of the molecule is C/C(=C\C(=O)NC[C@H](C)c1ccccc1)c1ccccc1. The Morgan fingerprint density at radius 1 is 1.05 bits per heavy atom. The minimum Gasteiger partial charge on any atom is -0.352 e. The molecule has 1 amide bonds. The normalized spacial score (nSPS) is 12.8. The third-order valence-corrected chi connectivity index (χ3v) is 3.53. The Hall–Kier alpha value is -2.35. The zero-order valence-corrected chi connectivity index (χ0v) is 12.5. The lowest BCUT2D eigenvalue weighted by Crippen LogP contribution is -2.25. The summed E-state index contributed by atoms with van der Waals surface area (Å²) in [5.74, 6) is 0.264. The van der Waals surface area contributed by atoms with E-state index in [2.05, 4.69) is 24.4 Å². The van der Waals surface area contributed by atoms with Crippen LogP contribution in [-0.4, -0.2) is 12.5 Å². The molecule has 0 heterocycles. The van der Waals surface area contributed by atoms with Crippen LogP contribution in [-0.2, 0) is 4.79 Å². The fraction of sp³-hybridized carbons (Fsp3) is 0.211. The van der Waals surface area contributed by atoms with Crippen molar-refractivity contribution in [3.63, 3.8) is 0 Å². The van der Waals surface area contributed by atoms with Gasteiger partial charge in [-0.05, 0) is 29.5 Å². The fourth-order valence-electron chi connectivity index (χ4n) is 2.19. The van der Waals surface area contributed by atoms with E-state index in [1.807, 2.05) is 55.5 Å². The molecule has 0 radical (unpaired) electrons. The Bertz CT molecular complexity index is 602. The third kappa shape index (κ3) is 4.60. The van der Waals surface area contributed by atoms with Gasteiger partial charge >= 0.3 is 0 Å². The lowest BCUT2D eigenvalue weighted by atomic mass is 10.0. The molecule has 1 atom stereocenters. The fourth-order valence-corrected chi connectivity index (χ4v) is 2.19. The smallest absolute Gasteiger partial charge is 0.244 e. The summed E-state index contributed by atoms with van der Waals surface area (Å²) >= 11 is 0. The molecule has 2 aromatic carbocycles. The van der Waals surface area contributed by atoms with Crippen LogP contribution in [0, 0.1) is 0 Å². The molecule has 0 aliphatic rings. The molecule has 0 saturated carbocycles. The topological polar surface area (TPSA) is 29.1 Å². The van der Waals surface area contributed by atoms with Gasteiger partial charge in [-0.25, -0.2) is 0 Å². The minimum atomic E-state index is -0.0425. The lowest BCUT2D eigenvalue weighted by Gasteiger charge is -2.12. The molecule has 108 valence electrons. The summed E-state index contributed by atoms with van der Waals surface area (Å²) in [6.07, 6.45) is 1.66. The van der Waals surface area contributed by atoms with Crippen molar-refractivity contribution in [1.29, 1.82) is 0 Å². The van der Waals surface area contributed by atoms with E-state index in [0.717, 1.165) is 11.1 Å². The van der Waals surface area contributed by atoms with Crippen LogP contribution in [0.1, 0.15) is 30.9 Å². The van der Waals surface area contributed by atoms with Gasteiger partial charge in [0.15, 0.2) is 0 Å². The molecule has 1 N–H and O–H groups in total. The number of amides is 1. The van der Waals surface area contributed by atoms with Crippen molar-refractivity contribution in [2.24, 2.45) is 0 Å². The maximum absolute atomic E-state index is 12.0. The number of carbonyl (C=O) groups excluding carboxylic acids is 1. The summed E-state index contributed by atoms with van der Waals surface area (Å²) in [4.78, 5) is 12.0. The second-order valence-electron chi connectivity index (χ2n) is 5.25. The summed E-state index contributed by atoms with van der Waals surface area (Å²) < 4.78 is 0. The Labute approximate surface area is 126 Å². The van der Waals surface area contributed by atoms with Crippen LogP contribution in [0.5, 0.6) is 0 Å². The molecule has 2 aromatic rings. The molecule has 21 heavy (non-hydrogen) atoms. The standard InChI is InChI=1S/C19H21NO/c1-15(17-9-5-3-6-10-17)13-19(21)20-14-16(2)18-11-7-4-8-12-18/h3-13,16H,14H2,1-2H3,(H,20,21)/b15-13+/t16-/m0/s1. The van der Waals surface area contributed by atoms with Gasteiger partial charge in [0, 0.05) is 12.6 Å². The summed E-state index contributed by atoms with van der Waals surface area (Å²) in [7, 11) is 0. The van der Waals surface area contributed by atoms with E-state index < -0.39 is 0 Å². The first-order chi connectivity index (χ1) is 10.2. The highest BCUT2D eigenvalue weighted by molar-refractivity contribution is 5.94. The van der Waals surface area contributed by atoms with E-state index in [1.54, 1.807) is 6.08 Å². The Morgan fingerprint density at radius 3 is 2.24 bits per heavy atom. The van der Waals surface area contributed by atoms with Crippen molar-refractivity contribution in [3.05, 3.63) is 77.9 Å². The van der Waals surface area contributed by atoms with Crippen LogP contribution in [0.25, 0.3) is 5.57 Å². The average molecular weight is 279 g/mol. The van der Waals surface area contributed by atoms with E-state index >= 15 is 0 Å². The van der Waals surface area contributed by atoms with Gasteiger partial charge in [-0.3, -0.25) is 4.79 Å². The molecule has 0 aliphatic carbocycles. The van der Waals surface area contributed by atoms with Crippen molar-refractivity contribution >= 4 is 11.5 Å². The van der Waals surface area contributed by atoms with Gasteiger partial charge in [0.1, 0.15) is 0 Å².